The van der Waals surface area contributed by atoms with E-state index >= 15 is 0 Å². The normalized spacial score (nSPS) is 21.0. The number of amides is 1. The largest absolute Gasteiger partial charge is 0.480 e. The summed E-state index contributed by atoms with van der Waals surface area (Å²) < 4.78 is 14.4. The van der Waals surface area contributed by atoms with Crippen molar-refractivity contribution in [1.29, 1.82) is 0 Å². The number of methoxy groups -OCH3 is 1. The number of carbonyl (C=O) groups excluding carboxylic acids is 3. The van der Waals surface area contributed by atoms with Crippen LogP contribution in [0.3, 0.4) is 0 Å². The number of esters is 2. The summed E-state index contributed by atoms with van der Waals surface area (Å²) in [5.74, 6) is -7.28. The molecule has 0 aromatic carbocycles. The molecule has 0 bridgehead atoms. The fourth-order valence-electron chi connectivity index (χ4n) is 2.24. The molecule has 0 aromatic rings. The van der Waals surface area contributed by atoms with Crippen LogP contribution >= 0.6 is 11.8 Å². The third-order valence-corrected chi connectivity index (χ3v) is 4.61. The molecule has 0 aliphatic carbocycles. The highest BCUT2D eigenvalue weighted by atomic mass is 32.2. The number of carboxylic acids is 2. The number of ether oxygens (including phenoxy) is 3. The summed E-state index contributed by atoms with van der Waals surface area (Å²) in [5, 5.41) is 19.9. The summed E-state index contributed by atoms with van der Waals surface area (Å²) >= 11 is 0.834. The van der Waals surface area contributed by atoms with Crippen LogP contribution in [-0.2, 0) is 38.2 Å². The van der Waals surface area contributed by atoms with E-state index in [1.165, 1.54) is 6.08 Å². The highest BCUT2D eigenvalue weighted by molar-refractivity contribution is 8.03. The van der Waals surface area contributed by atoms with Gasteiger partial charge in [0.25, 0.3) is 0 Å². The predicted molar refractivity (Wildman–Crippen MR) is 82.1 cm³/mol. The Hall–Kier alpha value is -3.02. The van der Waals surface area contributed by atoms with Gasteiger partial charge in [-0.2, -0.15) is 0 Å². The summed E-state index contributed by atoms with van der Waals surface area (Å²) in [5.41, 5.74) is -0.932. The SMILES string of the molecule is COC(=O)C(=O)OCC1=CCC2C(C(=O)O)=C(NC(=O)C(=O)O)SC2O1. The first-order valence-corrected chi connectivity index (χ1v) is 7.91. The zero-order valence-corrected chi connectivity index (χ0v) is 14.0. The van der Waals surface area contributed by atoms with Crippen molar-refractivity contribution in [2.45, 2.75) is 11.9 Å². The van der Waals surface area contributed by atoms with E-state index in [9.17, 15) is 29.1 Å². The monoisotopic (exact) mass is 387 g/mol. The maximum atomic E-state index is 11.5. The summed E-state index contributed by atoms with van der Waals surface area (Å²) in [6.45, 7) is -0.364. The molecule has 2 unspecified atom stereocenters. The number of thioether (sulfide) groups is 1. The molecule has 140 valence electrons. The van der Waals surface area contributed by atoms with Crippen LogP contribution in [0.25, 0.3) is 0 Å². The number of carboxylic acid groups (broad SMARTS) is 2. The summed E-state index contributed by atoms with van der Waals surface area (Å²) in [6, 6.07) is 0. The van der Waals surface area contributed by atoms with Crippen molar-refractivity contribution < 1.29 is 48.4 Å². The quantitative estimate of drug-likeness (QED) is 0.408. The van der Waals surface area contributed by atoms with Crippen molar-refractivity contribution in [2.24, 2.45) is 5.92 Å². The standard InChI is InChI=1S/C14H13NO10S/c1-23-12(21)13(22)24-4-5-2-3-6-7(10(17)18)9(26-14(6)25-5)15-8(16)11(19)20/h2,6,14H,3-4H2,1H3,(H,15,16)(H,17,18)(H,19,20). The zero-order valence-electron chi connectivity index (χ0n) is 13.2. The van der Waals surface area contributed by atoms with Gasteiger partial charge in [0.05, 0.1) is 17.7 Å². The maximum absolute atomic E-state index is 11.5. The fraction of sp³-hybridized carbons (Fsp3) is 0.357. The second kappa shape index (κ2) is 7.91. The van der Waals surface area contributed by atoms with Gasteiger partial charge in [0, 0.05) is 5.92 Å². The number of nitrogens with one attached hydrogen (secondary N) is 1. The average Bonchev–Trinajstić information content (AvgIpc) is 2.95. The van der Waals surface area contributed by atoms with Gasteiger partial charge in [0.15, 0.2) is 5.44 Å². The molecule has 2 aliphatic heterocycles. The van der Waals surface area contributed by atoms with Crippen molar-refractivity contribution >= 4 is 41.5 Å². The van der Waals surface area contributed by atoms with Crippen LogP contribution in [0.5, 0.6) is 0 Å². The molecule has 2 aliphatic rings. The van der Waals surface area contributed by atoms with Crippen LogP contribution in [0.15, 0.2) is 22.4 Å². The third-order valence-electron chi connectivity index (χ3n) is 3.39. The van der Waals surface area contributed by atoms with Crippen LogP contribution in [-0.4, -0.2) is 59.2 Å². The van der Waals surface area contributed by atoms with E-state index in [1.807, 2.05) is 5.32 Å². The van der Waals surface area contributed by atoms with E-state index < -0.39 is 41.1 Å². The van der Waals surface area contributed by atoms with Crippen molar-refractivity contribution in [2.75, 3.05) is 13.7 Å². The van der Waals surface area contributed by atoms with Crippen molar-refractivity contribution in [3.05, 3.63) is 22.4 Å². The molecule has 0 saturated carbocycles. The van der Waals surface area contributed by atoms with E-state index in [-0.39, 0.29) is 29.4 Å². The van der Waals surface area contributed by atoms with Crippen molar-refractivity contribution in [3.8, 4) is 0 Å². The van der Waals surface area contributed by atoms with Crippen molar-refractivity contribution in [3.63, 3.8) is 0 Å². The molecule has 11 nitrogen and oxygen atoms in total. The highest BCUT2D eigenvalue weighted by Gasteiger charge is 2.43. The lowest BCUT2D eigenvalue weighted by Gasteiger charge is -2.26. The molecule has 2 atom stereocenters. The minimum absolute atomic E-state index is 0.124. The molecule has 0 spiro atoms. The minimum Gasteiger partial charge on any atom is -0.480 e. The second-order valence-corrected chi connectivity index (χ2v) is 6.10. The van der Waals surface area contributed by atoms with Gasteiger partial charge in [-0.1, -0.05) is 11.8 Å². The Morgan fingerprint density at radius 3 is 2.54 bits per heavy atom. The van der Waals surface area contributed by atoms with Gasteiger partial charge in [-0.05, 0) is 12.5 Å². The zero-order chi connectivity index (χ0) is 19.4. The molecule has 26 heavy (non-hydrogen) atoms. The van der Waals surface area contributed by atoms with Crippen LogP contribution in [0.2, 0.25) is 0 Å². The fourth-order valence-corrected chi connectivity index (χ4v) is 3.57. The van der Waals surface area contributed by atoms with E-state index in [2.05, 4.69) is 9.47 Å². The minimum atomic E-state index is -1.76. The summed E-state index contributed by atoms with van der Waals surface area (Å²) in [6.07, 6.45) is 1.67. The number of fused-ring (bicyclic) bond motifs is 1. The molecule has 2 rings (SSSR count). The number of allylic oxidation sites excluding steroid dienone is 1. The maximum Gasteiger partial charge on any atom is 0.417 e. The van der Waals surface area contributed by atoms with Gasteiger partial charge < -0.3 is 29.7 Å². The number of rotatable bonds is 4. The lowest BCUT2D eigenvalue weighted by molar-refractivity contribution is -0.165. The van der Waals surface area contributed by atoms with Crippen molar-refractivity contribution in [1.82, 2.24) is 5.32 Å². The molecular weight excluding hydrogens is 374 g/mol. The van der Waals surface area contributed by atoms with Gasteiger partial charge in [-0.3, -0.25) is 4.79 Å². The smallest absolute Gasteiger partial charge is 0.417 e. The Labute approximate surface area is 150 Å². The Bertz CT molecular complexity index is 740. The number of aliphatic carboxylic acids is 2. The van der Waals surface area contributed by atoms with Gasteiger partial charge in [0.2, 0.25) is 0 Å². The highest BCUT2D eigenvalue weighted by Crippen LogP contribution is 2.46. The molecule has 12 heteroatoms. The van der Waals surface area contributed by atoms with E-state index in [1.54, 1.807) is 0 Å². The van der Waals surface area contributed by atoms with Crippen LogP contribution in [0.1, 0.15) is 6.42 Å². The van der Waals surface area contributed by atoms with E-state index in [0.29, 0.717) is 0 Å². The molecule has 0 aromatic heterocycles. The number of carbonyl (C=O) groups is 5. The van der Waals surface area contributed by atoms with Gasteiger partial charge in [0.1, 0.15) is 12.4 Å². The first kappa shape index (κ1) is 19.3. The van der Waals surface area contributed by atoms with E-state index in [0.717, 1.165) is 18.9 Å². The second-order valence-electron chi connectivity index (χ2n) is 4.99. The van der Waals surface area contributed by atoms with Crippen LogP contribution in [0, 0.1) is 5.92 Å². The first-order chi connectivity index (χ1) is 12.2. The van der Waals surface area contributed by atoms with E-state index in [4.69, 9.17) is 9.84 Å². The molecular formula is C14H13NO10S. The summed E-state index contributed by atoms with van der Waals surface area (Å²) in [4.78, 5) is 55.6. The Kier molecular flexibility index (Phi) is 5.87. The van der Waals surface area contributed by atoms with Crippen LogP contribution < -0.4 is 5.32 Å². The molecule has 0 radical (unpaired) electrons. The average molecular weight is 387 g/mol. The molecule has 1 amide bonds. The first-order valence-electron chi connectivity index (χ1n) is 7.03. The number of hydrogen-bond donors (Lipinski definition) is 3. The summed E-state index contributed by atoms with van der Waals surface area (Å²) in [7, 11) is 1.02. The lowest BCUT2D eigenvalue weighted by Crippen LogP contribution is -2.30. The molecule has 0 saturated heterocycles. The third kappa shape index (κ3) is 4.14. The molecule has 3 N–H and O–H groups in total. The topological polar surface area (TPSA) is 166 Å². The Morgan fingerprint density at radius 1 is 1.27 bits per heavy atom. The number of hydrogen-bond acceptors (Lipinski definition) is 9. The van der Waals surface area contributed by atoms with Gasteiger partial charge >= 0.3 is 29.8 Å². The lowest BCUT2D eigenvalue weighted by atomic mass is 9.95. The Balaban J connectivity index is 2.05. The Morgan fingerprint density at radius 2 is 1.96 bits per heavy atom. The van der Waals surface area contributed by atoms with Gasteiger partial charge in [-0.15, -0.1) is 0 Å². The van der Waals surface area contributed by atoms with Gasteiger partial charge in [-0.25, -0.2) is 19.2 Å². The molecule has 2 heterocycles. The predicted octanol–water partition coefficient (Wildman–Crippen LogP) is -0.807. The molecule has 0 fully saturated rings. The van der Waals surface area contributed by atoms with Crippen LogP contribution in [0.4, 0.5) is 0 Å².